The van der Waals surface area contributed by atoms with Crippen LogP contribution in [0.4, 0.5) is 4.39 Å². The summed E-state index contributed by atoms with van der Waals surface area (Å²) in [5.41, 5.74) is 19.4. The smallest absolute Gasteiger partial charge is 0.246 e. The number of amides is 4. The zero-order valence-electron chi connectivity index (χ0n) is 86.6. The third-order valence-corrected chi connectivity index (χ3v) is 28.5. The van der Waals surface area contributed by atoms with Crippen LogP contribution in [0.25, 0.3) is 67.9 Å². The quantitative estimate of drug-likeness (QED) is 0.0339. The molecule has 0 spiro atoms. The monoisotopic (exact) mass is 1930 g/mol. The summed E-state index contributed by atoms with van der Waals surface area (Å²) in [6.45, 7) is 34.3. The zero-order chi connectivity index (χ0) is 100.0. The van der Waals surface area contributed by atoms with E-state index in [2.05, 4.69) is 293 Å². The number of halogens is 1. The van der Waals surface area contributed by atoms with Crippen LogP contribution >= 0.6 is 0 Å². The Balaban J connectivity index is 0.000000150. The van der Waals surface area contributed by atoms with Crippen molar-refractivity contribution in [3.8, 4) is 17.2 Å². The Morgan fingerprint density at radius 3 is 0.908 bits per heavy atom. The van der Waals surface area contributed by atoms with Gasteiger partial charge in [0, 0.05) is 270 Å². The molecule has 0 N–H and O–H groups in total. The summed E-state index contributed by atoms with van der Waals surface area (Å²) in [6.07, 6.45) is 23.3. The first-order valence-electron chi connectivity index (χ1n) is 51.4. The van der Waals surface area contributed by atoms with Crippen LogP contribution in [-0.4, -0.2) is 328 Å². The molecule has 4 aromatic heterocycles. The molecule has 24 heteroatoms. The molecule has 142 heavy (non-hydrogen) atoms. The second kappa shape index (κ2) is 52.7. The van der Waals surface area contributed by atoms with Crippen LogP contribution < -0.4 is 14.2 Å². The Bertz CT molecular complexity index is 6250. The van der Waals surface area contributed by atoms with Gasteiger partial charge in [0.15, 0.2) is 11.5 Å². The number of hydrogen-bond donors (Lipinski definition) is 0. The summed E-state index contributed by atoms with van der Waals surface area (Å²) in [6, 6.07) is 65.9. The molecule has 5 aliphatic heterocycles. The standard InChI is InChI=1S/C30H38N4O3.C30H40N4O2.C29H37FN4O.C29H38N4O/c1-23-25(26-7-4-5-8-27(26)34(23)15-6-14-31(2)3)10-12-30(35)33-19-17-32(18-20-33)16-13-24-9-11-28-29(21-24)37-22-36-28;1-24-27(28-11-5-6-12-29(28)34(24)17-8-16-31(2)3)13-14-30(35)33-21-19-32(20-22-33)18-15-25-9-7-10-26(23-25)36-4;1-23-26(27-10-4-5-11-28(27)34(23)16-7-15-31(2)3)12-13-29(35)33-20-18-32(19-21-33)17-14-24-8-6-9-25(30)22-24;1-24-26(27-12-7-8-13-28(27)33(24)18-9-17-30(2)3)14-15-29(34)32-22-20-31(21-23-32)19-16-25-10-5-4-6-11-25/h4-5,7-12,21H,6,13-20,22H2,1-3H3;5-7,9-14,23H,8,15-22H2,1-4H3;4-6,8-13,22H,7,14-21H2,1-3H3;4-8,10-15H,9,16-23H2,1-3H3/b12-10+;14-13+;13-12+;15-14+. The molecule has 12 aromatic rings. The second-order valence-corrected chi connectivity index (χ2v) is 39.5. The highest BCUT2D eigenvalue weighted by atomic mass is 19.1. The van der Waals surface area contributed by atoms with Gasteiger partial charge in [0.2, 0.25) is 30.4 Å². The molecular formula is C118H153FN16O7. The van der Waals surface area contributed by atoms with Gasteiger partial charge in [-0.15, -0.1) is 0 Å². The number of ether oxygens (including phenoxy) is 3. The van der Waals surface area contributed by atoms with Crippen molar-refractivity contribution in [3.05, 3.63) is 292 Å². The maximum atomic E-state index is 13.4. The van der Waals surface area contributed by atoms with Crippen LogP contribution in [-0.2, 0) is 71.0 Å². The van der Waals surface area contributed by atoms with Crippen molar-refractivity contribution < 1.29 is 37.8 Å². The van der Waals surface area contributed by atoms with Gasteiger partial charge in [-0.05, 0) is 269 Å². The molecule has 0 atom stereocenters. The molecule has 9 heterocycles. The molecule has 5 aliphatic rings. The molecule has 4 fully saturated rings. The zero-order valence-corrected chi connectivity index (χ0v) is 86.6. The molecular weight excluding hydrogens is 1770 g/mol. The van der Waals surface area contributed by atoms with Crippen molar-refractivity contribution in [3.63, 3.8) is 0 Å². The van der Waals surface area contributed by atoms with E-state index < -0.39 is 0 Å². The van der Waals surface area contributed by atoms with Crippen LogP contribution in [0.2, 0.25) is 0 Å². The summed E-state index contributed by atoms with van der Waals surface area (Å²) in [7, 11) is 18.6. The average molecular weight is 1930 g/mol. The molecule has 17 rings (SSSR count). The Morgan fingerprint density at radius 1 is 0.310 bits per heavy atom. The molecule has 754 valence electrons. The van der Waals surface area contributed by atoms with Crippen molar-refractivity contribution in [2.24, 2.45) is 0 Å². The van der Waals surface area contributed by atoms with E-state index >= 15 is 0 Å². The summed E-state index contributed by atoms with van der Waals surface area (Å²) in [5.74, 6) is 2.77. The van der Waals surface area contributed by atoms with Gasteiger partial charge in [0.1, 0.15) is 11.6 Å². The van der Waals surface area contributed by atoms with E-state index in [1.54, 1.807) is 43.5 Å². The lowest BCUT2D eigenvalue weighted by molar-refractivity contribution is -0.128. The van der Waals surface area contributed by atoms with E-state index in [4.69, 9.17) is 14.2 Å². The molecule has 0 radical (unpaired) electrons. The maximum Gasteiger partial charge on any atom is 0.246 e. The van der Waals surface area contributed by atoms with Gasteiger partial charge >= 0.3 is 0 Å². The van der Waals surface area contributed by atoms with Crippen LogP contribution in [0.15, 0.2) is 218 Å². The number of methoxy groups -OCH3 is 1. The number of carbonyl (C=O) groups is 4. The lowest BCUT2D eigenvalue weighted by atomic mass is 10.1. The van der Waals surface area contributed by atoms with Gasteiger partial charge < -0.3 is 71.7 Å². The van der Waals surface area contributed by atoms with E-state index in [0.717, 1.165) is 280 Å². The Morgan fingerprint density at radius 2 is 0.592 bits per heavy atom. The van der Waals surface area contributed by atoms with Gasteiger partial charge in [-0.25, -0.2) is 4.39 Å². The minimum atomic E-state index is -0.184. The molecule has 4 saturated heterocycles. The Hall–Kier alpha value is -12.2. The molecule has 0 saturated carbocycles. The number of aromatic nitrogens is 4. The minimum Gasteiger partial charge on any atom is -0.497 e. The van der Waals surface area contributed by atoms with Crippen LogP contribution in [0.5, 0.6) is 17.2 Å². The van der Waals surface area contributed by atoms with Crippen molar-refractivity contribution in [1.82, 2.24) is 77.1 Å². The van der Waals surface area contributed by atoms with Crippen LogP contribution in [0.3, 0.4) is 0 Å². The topological polar surface area (TPSA) is 155 Å². The predicted molar refractivity (Wildman–Crippen MR) is 581 cm³/mol. The third kappa shape index (κ3) is 29.3. The van der Waals surface area contributed by atoms with Crippen molar-refractivity contribution in [1.29, 1.82) is 0 Å². The summed E-state index contributed by atoms with van der Waals surface area (Å²) >= 11 is 0. The Kier molecular flexibility index (Phi) is 39.2. The first-order chi connectivity index (χ1) is 68.9. The summed E-state index contributed by atoms with van der Waals surface area (Å²) in [4.78, 5) is 78.4. The molecule has 0 bridgehead atoms. The largest absolute Gasteiger partial charge is 0.497 e. The summed E-state index contributed by atoms with van der Waals surface area (Å²) < 4.78 is 39.2. The van der Waals surface area contributed by atoms with E-state index in [0.29, 0.717) is 6.79 Å². The molecule has 23 nitrogen and oxygen atoms in total. The van der Waals surface area contributed by atoms with Crippen molar-refractivity contribution in [2.75, 3.05) is 227 Å². The normalized spacial score (nSPS) is 15.3. The number of carbonyl (C=O) groups excluding carboxylic acids is 4. The Labute approximate surface area is 842 Å². The van der Waals surface area contributed by atoms with Crippen molar-refractivity contribution in [2.45, 2.75) is 105 Å². The number of benzene rings is 8. The number of aryl methyl sites for hydroxylation is 4. The number of hydrogen-bond acceptors (Lipinski definition) is 15. The highest BCUT2D eigenvalue weighted by molar-refractivity contribution is 6.01. The average Bonchev–Trinajstić information content (AvgIpc) is 1.64. The molecule has 4 amide bonds. The number of nitrogens with zero attached hydrogens (tertiary/aromatic N) is 16. The van der Waals surface area contributed by atoms with Gasteiger partial charge in [-0.1, -0.05) is 133 Å². The number of piperazine rings is 4. The number of rotatable bonds is 37. The van der Waals surface area contributed by atoms with E-state index in [9.17, 15) is 23.6 Å². The van der Waals surface area contributed by atoms with E-state index in [1.807, 2.05) is 68.2 Å². The number of fused-ring (bicyclic) bond motifs is 5. The summed E-state index contributed by atoms with van der Waals surface area (Å²) in [5, 5.41) is 4.84. The fraction of sp³-hybridized carbons (Fsp3) is 0.424. The predicted octanol–water partition coefficient (Wildman–Crippen LogP) is 17.1. The maximum absolute atomic E-state index is 13.4. The lowest BCUT2D eigenvalue weighted by Crippen LogP contribution is -2.48. The fourth-order valence-corrected chi connectivity index (χ4v) is 20.2. The van der Waals surface area contributed by atoms with Crippen molar-refractivity contribution >= 4 is 91.5 Å². The van der Waals surface area contributed by atoms with Gasteiger partial charge in [-0.2, -0.15) is 0 Å². The molecule has 8 aromatic carbocycles. The van der Waals surface area contributed by atoms with Crippen LogP contribution in [0.1, 0.15) is 93.0 Å². The van der Waals surface area contributed by atoms with E-state index in [-0.39, 0.29) is 29.4 Å². The van der Waals surface area contributed by atoms with E-state index in [1.165, 1.54) is 89.1 Å². The number of para-hydroxylation sites is 4. The first kappa shape index (κ1) is 106. The second-order valence-electron chi connectivity index (χ2n) is 39.5. The van der Waals surface area contributed by atoms with Gasteiger partial charge in [0.25, 0.3) is 0 Å². The lowest BCUT2D eigenvalue weighted by Gasteiger charge is -2.34. The third-order valence-electron chi connectivity index (χ3n) is 28.5. The molecule has 0 aliphatic carbocycles. The fourth-order valence-electron chi connectivity index (χ4n) is 20.2. The highest BCUT2D eigenvalue weighted by Crippen LogP contribution is 2.35. The minimum absolute atomic E-state index is 0.0682. The molecule has 0 unspecified atom stereocenters. The SMILES string of the molecule is COc1cccc(CCN2CCN(C(=O)/C=C/c3c(C)n(CCCN(C)C)c4ccccc34)CC2)c1.Cc1c(/C=C/C(=O)N2CCN(CCc3ccc4c(c3)OCO4)CC2)c2ccccc2n1CCCN(C)C.Cc1c(/C=C/C(=O)N2CCN(CCc3cccc(F)c3)CC2)c2ccccc2n1CCCN(C)C.Cc1c(/C=C/C(=O)N2CCN(CCc3ccccc3)CC2)c2ccccc2n1CCCN(C)C. The van der Waals surface area contributed by atoms with Gasteiger partial charge in [-0.3, -0.25) is 38.8 Å². The highest BCUT2D eigenvalue weighted by Gasteiger charge is 2.27. The van der Waals surface area contributed by atoms with Crippen LogP contribution in [0, 0.1) is 33.5 Å². The van der Waals surface area contributed by atoms with Gasteiger partial charge in [0.05, 0.1) is 7.11 Å². The first-order valence-corrected chi connectivity index (χ1v) is 51.4.